The summed E-state index contributed by atoms with van der Waals surface area (Å²) in [5.41, 5.74) is 4.16. The molecule has 35 heavy (non-hydrogen) atoms. The molecule has 4 rings (SSSR count). The number of benzene rings is 2. The van der Waals surface area contributed by atoms with E-state index < -0.39 is 11.9 Å². The number of ether oxygens (including phenoxy) is 3. The molecule has 184 valence electrons. The zero-order valence-electron chi connectivity index (χ0n) is 21.1. The van der Waals surface area contributed by atoms with Gasteiger partial charge in [0, 0.05) is 29.0 Å². The van der Waals surface area contributed by atoms with Crippen LogP contribution in [0.1, 0.15) is 57.6 Å². The lowest BCUT2D eigenvalue weighted by atomic mass is 9.68. The Morgan fingerprint density at radius 1 is 1.09 bits per heavy atom. The smallest absolute Gasteiger partial charge is 0.337 e. The highest BCUT2D eigenvalue weighted by atomic mass is 16.5. The van der Waals surface area contributed by atoms with Crippen molar-refractivity contribution in [3.63, 3.8) is 0 Å². The molecule has 1 unspecified atom stereocenters. The van der Waals surface area contributed by atoms with Crippen molar-refractivity contribution in [2.24, 2.45) is 5.41 Å². The maximum absolute atomic E-state index is 13.5. The monoisotopic (exact) mass is 475 g/mol. The number of methoxy groups -OCH3 is 1. The summed E-state index contributed by atoms with van der Waals surface area (Å²) in [6.07, 6.45) is 1.15. The maximum atomic E-state index is 13.5. The number of ketones is 1. The zero-order valence-corrected chi connectivity index (χ0v) is 21.1. The highest BCUT2D eigenvalue weighted by molar-refractivity contribution is 6.04. The molecular formula is C29H33NO5. The quantitative estimate of drug-likeness (QED) is 0.538. The van der Waals surface area contributed by atoms with E-state index >= 15 is 0 Å². The van der Waals surface area contributed by atoms with Crippen LogP contribution in [0.25, 0.3) is 0 Å². The molecule has 0 spiro atoms. The summed E-state index contributed by atoms with van der Waals surface area (Å²) < 4.78 is 16.9. The average molecular weight is 476 g/mol. The van der Waals surface area contributed by atoms with Crippen molar-refractivity contribution in [2.45, 2.75) is 53.1 Å². The Morgan fingerprint density at radius 2 is 1.80 bits per heavy atom. The maximum Gasteiger partial charge on any atom is 0.337 e. The molecule has 1 atom stereocenters. The van der Waals surface area contributed by atoms with Crippen LogP contribution in [0.15, 0.2) is 71.1 Å². The second-order valence-corrected chi connectivity index (χ2v) is 9.82. The van der Waals surface area contributed by atoms with Gasteiger partial charge in [-0.05, 0) is 49.4 Å². The van der Waals surface area contributed by atoms with Gasteiger partial charge in [-0.2, -0.15) is 0 Å². The molecule has 1 heterocycles. The first-order chi connectivity index (χ1) is 16.7. The van der Waals surface area contributed by atoms with Crippen LogP contribution in [-0.4, -0.2) is 25.5 Å². The molecular weight excluding hydrogens is 442 g/mol. The normalized spacial score (nSPS) is 19.1. The van der Waals surface area contributed by atoms with E-state index in [9.17, 15) is 9.59 Å². The van der Waals surface area contributed by atoms with Crippen LogP contribution in [0.4, 0.5) is 0 Å². The molecule has 0 saturated carbocycles. The summed E-state index contributed by atoms with van der Waals surface area (Å²) in [5, 5.41) is 3.38. The van der Waals surface area contributed by atoms with Crippen molar-refractivity contribution >= 4 is 11.8 Å². The fourth-order valence-electron chi connectivity index (χ4n) is 4.97. The van der Waals surface area contributed by atoms with Crippen molar-refractivity contribution in [1.82, 2.24) is 5.32 Å². The van der Waals surface area contributed by atoms with E-state index in [4.69, 9.17) is 14.2 Å². The van der Waals surface area contributed by atoms with Gasteiger partial charge in [-0.1, -0.05) is 44.2 Å². The number of hydrogen-bond acceptors (Lipinski definition) is 6. The lowest BCUT2D eigenvalue weighted by Crippen LogP contribution is -2.38. The topological polar surface area (TPSA) is 73.9 Å². The van der Waals surface area contributed by atoms with E-state index in [1.807, 2.05) is 62.4 Å². The van der Waals surface area contributed by atoms with E-state index in [1.165, 1.54) is 0 Å². The second kappa shape index (κ2) is 9.98. The van der Waals surface area contributed by atoms with E-state index in [-0.39, 0.29) is 17.8 Å². The molecule has 2 aromatic carbocycles. The SMILES string of the molecule is CCOc1ccccc1C1C(C(=O)OCc2ccc(OC)cc2)=C(C)NC2=C1C(=O)CC(C)(C)C2. The van der Waals surface area contributed by atoms with Crippen molar-refractivity contribution in [1.29, 1.82) is 0 Å². The molecule has 6 heteroatoms. The molecule has 0 radical (unpaired) electrons. The second-order valence-electron chi connectivity index (χ2n) is 9.82. The van der Waals surface area contributed by atoms with Crippen molar-refractivity contribution in [2.75, 3.05) is 13.7 Å². The average Bonchev–Trinajstić information content (AvgIpc) is 2.82. The van der Waals surface area contributed by atoms with Gasteiger partial charge in [0.05, 0.1) is 25.2 Å². The minimum absolute atomic E-state index is 0.0491. The number of dihydropyridines is 1. The van der Waals surface area contributed by atoms with Crippen molar-refractivity contribution in [3.05, 3.63) is 82.2 Å². The molecule has 0 fully saturated rings. The van der Waals surface area contributed by atoms with Gasteiger partial charge < -0.3 is 19.5 Å². The number of Topliss-reactive ketones (excluding diaryl/α,β-unsaturated/α-hetero) is 1. The van der Waals surface area contributed by atoms with E-state index in [0.29, 0.717) is 35.6 Å². The first-order valence-corrected chi connectivity index (χ1v) is 12.0. The predicted molar refractivity (Wildman–Crippen MR) is 134 cm³/mol. The van der Waals surface area contributed by atoms with Crippen molar-refractivity contribution in [3.8, 4) is 11.5 Å². The Balaban J connectivity index is 1.73. The van der Waals surface area contributed by atoms with E-state index in [2.05, 4.69) is 19.2 Å². The summed E-state index contributed by atoms with van der Waals surface area (Å²) in [6.45, 7) is 8.58. The largest absolute Gasteiger partial charge is 0.497 e. The van der Waals surface area contributed by atoms with Crippen LogP contribution < -0.4 is 14.8 Å². The van der Waals surface area contributed by atoms with Gasteiger partial charge in [-0.25, -0.2) is 4.79 Å². The standard InChI is InChI=1S/C29H33NO5/c1-6-34-24-10-8-7-9-21(24)26-25(28(32)35-17-19-11-13-20(33-5)14-12-19)18(2)30-22-15-29(3,4)16-23(31)27(22)26/h7-14,26,30H,6,15-17H2,1-5H3. The zero-order chi connectivity index (χ0) is 25.2. The summed E-state index contributed by atoms with van der Waals surface area (Å²) in [7, 11) is 1.61. The van der Waals surface area contributed by atoms with E-state index in [1.54, 1.807) is 7.11 Å². The third-order valence-electron chi connectivity index (χ3n) is 6.52. The summed E-state index contributed by atoms with van der Waals surface area (Å²) in [6, 6.07) is 15.0. The Kier molecular flexibility index (Phi) is 7.01. The Hall–Kier alpha value is -3.54. The number of carbonyl (C=O) groups is 2. The van der Waals surface area contributed by atoms with Crippen molar-refractivity contribution < 1.29 is 23.8 Å². The van der Waals surface area contributed by atoms with Crippen LogP contribution in [0.3, 0.4) is 0 Å². The summed E-state index contributed by atoms with van der Waals surface area (Å²) in [4.78, 5) is 27.0. The number of hydrogen-bond donors (Lipinski definition) is 1. The molecule has 1 aliphatic heterocycles. The number of nitrogens with one attached hydrogen (secondary N) is 1. The molecule has 2 aromatic rings. The molecule has 1 aliphatic carbocycles. The molecule has 0 amide bonds. The number of carbonyl (C=O) groups excluding carboxylic acids is 2. The first kappa shape index (κ1) is 24.6. The van der Waals surface area contributed by atoms with Gasteiger partial charge in [0.1, 0.15) is 18.1 Å². The van der Waals surface area contributed by atoms with E-state index in [0.717, 1.165) is 29.0 Å². The Morgan fingerprint density at radius 3 is 2.49 bits per heavy atom. The van der Waals surface area contributed by atoms with Gasteiger partial charge in [0.25, 0.3) is 0 Å². The van der Waals surface area contributed by atoms with Gasteiger partial charge in [-0.3, -0.25) is 4.79 Å². The number of esters is 1. The van der Waals surface area contributed by atoms with Crippen LogP contribution in [0.2, 0.25) is 0 Å². The molecule has 1 N–H and O–H groups in total. The van der Waals surface area contributed by atoms with Crippen LogP contribution in [0.5, 0.6) is 11.5 Å². The number of rotatable bonds is 7. The lowest BCUT2D eigenvalue weighted by Gasteiger charge is -2.39. The van der Waals surface area contributed by atoms with Gasteiger partial charge >= 0.3 is 5.97 Å². The Bertz CT molecular complexity index is 1190. The van der Waals surface area contributed by atoms with Gasteiger partial charge in [0.2, 0.25) is 0 Å². The molecule has 0 saturated heterocycles. The molecule has 0 aromatic heterocycles. The lowest BCUT2D eigenvalue weighted by molar-refractivity contribution is -0.140. The first-order valence-electron chi connectivity index (χ1n) is 12.0. The van der Waals surface area contributed by atoms with Gasteiger partial charge in [-0.15, -0.1) is 0 Å². The molecule has 0 bridgehead atoms. The van der Waals surface area contributed by atoms with Gasteiger partial charge in [0.15, 0.2) is 5.78 Å². The third kappa shape index (κ3) is 5.11. The van der Waals surface area contributed by atoms with Crippen LogP contribution >= 0.6 is 0 Å². The molecule has 2 aliphatic rings. The number of para-hydroxylation sites is 1. The minimum atomic E-state index is -0.555. The summed E-state index contributed by atoms with van der Waals surface area (Å²) in [5.74, 6) is 0.445. The highest BCUT2D eigenvalue weighted by Crippen LogP contribution is 2.48. The minimum Gasteiger partial charge on any atom is -0.497 e. The Labute approximate surface area is 207 Å². The fourth-order valence-corrected chi connectivity index (χ4v) is 4.97. The van der Waals surface area contributed by atoms with Crippen LogP contribution in [-0.2, 0) is 20.9 Å². The van der Waals surface area contributed by atoms with Crippen LogP contribution in [0, 0.1) is 5.41 Å². The number of allylic oxidation sites excluding steroid dienone is 3. The molecule has 6 nitrogen and oxygen atoms in total. The predicted octanol–water partition coefficient (Wildman–Crippen LogP) is 5.44. The third-order valence-corrected chi connectivity index (χ3v) is 6.52. The highest BCUT2D eigenvalue weighted by Gasteiger charge is 2.44. The fraction of sp³-hybridized carbons (Fsp3) is 0.379. The summed E-state index contributed by atoms with van der Waals surface area (Å²) >= 11 is 0.